The zero-order chi connectivity index (χ0) is 12.8. The number of nitrogens with two attached hydrogens (primary N) is 1. The van der Waals surface area contributed by atoms with E-state index in [1.807, 2.05) is 6.92 Å². The Balaban J connectivity index is 3.90. The maximum Gasteiger partial charge on any atom is 0.323 e. The van der Waals surface area contributed by atoms with Crippen LogP contribution in [-0.4, -0.2) is 29.3 Å². The quantitative estimate of drug-likeness (QED) is 0.670. The lowest BCUT2D eigenvalue weighted by Gasteiger charge is -2.24. The molecule has 96 valence electrons. The van der Waals surface area contributed by atoms with Crippen molar-refractivity contribution in [2.45, 2.75) is 58.6 Å². The normalized spacial score (nSPS) is 18.8. The Labute approximate surface area is 98.2 Å². The van der Waals surface area contributed by atoms with E-state index in [1.165, 1.54) is 6.92 Å². The van der Waals surface area contributed by atoms with E-state index in [0.717, 1.165) is 12.8 Å². The summed E-state index contributed by atoms with van der Waals surface area (Å²) in [7, 11) is 0. The fraction of sp³-hybridized carbons (Fsp3) is 0.917. The van der Waals surface area contributed by atoms with Gasteiger partial charge >= 0.3 is 5.97 Å². The molecule has 0 spiro atoms. The molecule has 3 atom stereocenters. The minimum atomic E-state index is -1.20. The molecule has 0 heterocycles. The van der Waals surface area contributed by atoms with E-state index in [2.05, 4.69) is 13.8 Å². The molecule has 0 saturated heterocycles. The highest BCUT2D eigenvalue weighted by atomic mass is 16.5. The van der Waals surface area contributed by atoms with Crippen LogP contribution in [0.15, 0.2) is 0 Å². The molecule has 0 aromatic heterocycles. The average molecular weight is 231 g/mol. The largest absolute Gasteiger partial charge is 0.480 e. The maximum atomic E-state index is 10.8. The molecule has 3 unspecified atom stereocenters. The zero-order valence-corrected chi connectivity index (χ0v) is 10.8. The molecule has 4 nitrogen and oxygen atoms in total. The topological polar surface area (TPSA) is 72.5 Å². The lowest BCUT2D eigenvalue weighted by molar-refractivity contribution is -0.144. The van der Waals surface area contributed by atoms with Gasteiger partial charge in [0.25, 0.3) is 0 Å². The van der Waals surface area contributed by atoms with Crippen molar-refractivity contribution in [1.82, 2.24) is 0 Å². The van der Waals surface area contributed by atoms with Crippen LogP contribution in [0.25, 0.3) is 0 Å². The van der Waals surface area contributed by atoms with Gasteiger partial charge in [-0.15, -0.1) is 0 Å². The molecule has 0 saturated carbocycles. The molecule has 0 bridgehead atoms. The second-order valence-electron chi connectivity index (χ2n) is 4.96. The molecule has 4 heteroatoms. The fourth-order valence-corrected chi connectivity index (χ4v) is 1.65. The summed E-state index contributed by atoms with van der Waals surface area (Å²) in [5.74, 6) is -0.467. The molecule has 0 radical (unpaired) electrons. The van der Waals surface area contributed by atoms with Gasteiger partial charge in [-0.25, -0.2) is 0 Å². The van der Waals surface area contributed by atoms with Gasteiger partial charge in [0.05, 0.1) is 6.10 Å². The first-order chi connectivity index (χ1) is 7.29. The predicted molar refractivity (Wildman–Crippen MR) is 64.3 cm³/mol. The van der Waals surface area contributed by atoms with Crippen LogP contribution in [0.3, 0.4) is 0 Å². The molecule has 0 aromatic rings. The highest BCUT2D eigenvalue weighted by molar-refractivity contribution is 5.77. The Kier molecular flexibility index (Phi) is 6.60. The van der Waals surface area contributed by atoms with Crippen LogP contribution in [0.1, 0.15) is 47.0 Å². The summed E-state index contributed by atoms with van der Waals surface area (Å²) in [6, 6.07) is 0. The van der Waals surface area contributed by atoms with Crippen molar-refractivity contribution in [2.24, 2.45) is 11.7 Å². The second kappa shape index (κ2) is 6.86. The lowest BCUT2D eigenvalue weighted by Crippen LogP contribution is -2.47. The van der Waals surface area contributed by atoms with Crippen molar-refractivity contribution in [3.05, 3.63) is 0 Å². The molecule has 0 aromatic carbocycles. The van der Waals surface area contributed by atoms with Crippen LogP contribution in [-0.2, 0) is 9.53 Å². The number of carbonyl (C=O) groups is 1. The lowest BCUT2D eigenvalue weighted by atomic mass is 9.96. The standard InChI is InChI=1S/C12H25NO3/c1-5-6-9(2)8-16-10(3)7-12(4,13)11(14)15/h9-10H,5-8,13H2,1-4H3,(H,14,15). The van der Waals surface area contributed by atoms with E-state index < -0.39 is 11.5 Å². The maximum absolute atomic E-state index is 10.8. The molecule has 0 aliphatic carbocycles. The number of aliphatic carboxylic acids is 1. The van der Waals surface area contributed by atoms with E-state index in [9.17, 15) is 4.79 Å². The first-order valence-electron chi connectivity index (χ1n) is 5.93. The number of ether oxygens (including phenoxy) is 1. The van der Waals surface area contributed by atoms with Crippen molar-refractivity contribution in [3.8, 4) is 0 Å². The van der Waals surface area contributed by atoms with Crippen LogP contribution < -0.4 is 5.73 Å². The smallest absolute Gasteiger partial charge is 0.323 e. The van der Waals surface area contributed by atoms with Gasteiger partial charge in [-0.05, 0) is 26.2 Å². The van der Waals surface area contributed by atoms with Crippen molar-refractivity contribution < 1.29 is 14.6 Å². The Morgan fingerprint density at radius 3 is 2.50 bits per heavy atom. The van der Waals surface area contributed by atoms with Crippen LogP contribution >= 0.6 is 0 Å². The van der Waals surface area contributed by atoms with Crippen molar-refractivity contribution in [3.63, 3.8) is 0 Å². The molecule has 16 heavy (non-hydrogen) atoms. The van der Waals surface area contributed by atoms with Gasteiger partial charge in [0, 0.05) is 13.0 Å². The van der Waals surface area contributed by atoms with E-state index >= 15 is 0 Å². The van der Waals surface area contributed by atoms with Gasteiger partial charge in [0.2, 0.25) is 0 Å². The summed E-state index contributed by atoms with van der Waals surface area (Å²) < 4.78 is 5.60. The first kappa shape index (κ1) is 15.4. The highest BCUT2D eigenvalue weighted by Crippen LogP contribution is 2.14. The third kappa shape index (κ3) is 6.08. The van der Waals surface area contributed by atoms with Crippen LogP contribution in [0.2, 0.25) is 0 Å². The van der Waals surface area contributed by atoms with Gasteiger partial charge in [-0.2, -0.15) is 0 Å². The molecule has 0 aliphatic rings. The van der Waals surface area contributed by atoms with Crippen LogP contribution in [0.4, 0.5) is 0 Å². The number of hydrogen-bond donors (Lipinski definition) is 2. The molecule has 0 rings (SSSR count). The number of carboxylic acid groups (broad SMARTS) is 1. The summed E-state index contributed by atoms with van der Waals surface area (Å²) in [6.45, 7) is 8.33. The Morgan fingerprint density at radius 1 is 1.50 bits per heavy atom. The molecule has 3 N–H and O–H groups in total. The SMILES string of the molecule is CCCC(C)COC(C)CC(C)(N)C(=O)O. The molecule has 0 aliphatic heterocycles. The Bertz CT molecular complexity index is 216. The summed E-state index contributed by atoms with van der Waals surface area (Å²) in [6.07, 6.45) is 2.49. The Hall–Kier alpha value is -0.610. The number of carboxylic acids is 1. The molecule has 0 amide bonds. The zero-order valence-electron chi connectivity index (χ0n) is 10.8. The average Bonchev–Trinajstić information content (AvgIpc) is 2.14. The van der Waals surface area contributed by atoms with Gasteiger partial charge in [0.1, 0.15) is 5.54 Å². The van der Waals surface area contributed by atoms with Gasteiger partial charge in [0.15, 0.2) is 0 Å². The molecular formula is C12H25NO3. The van der Waals surface area contributed by atoms with Crippen molar-refractivity contribution in [2.75, 3.05) is 6.61 Å². The van der Waals surface area contributed by atoms with Crippen molar-refractivity contribution >= 4 is 5.97 Å². The third-order valence-corrected chi connectivity index (χ3v) is 2.65. The molecular weight excluding hydrogens is 206 g/mol. The van der Waals surface area contributed by atoms with E-state index in [1.54, 1.807) is 0 Å². The Morgan fingerprint density at radius 2 is 2.06 bits per heavy atom. The van der Waals surface area contributed by atoms with Crippen LogP contribution in [0.5, 0.6) is 0 Å². The van der Waals surface area contributed by atoms with E-state index in [-0.39, 0.29) is 6.10 Å². The van der Waals surface area contributed by atoms with Crippen LogP contribution in [0, 0.1) is 5.92 Å². The van der Waals surface area contributed by atoms with Gasteiger partial charge < -0.3 is 15.6 Å². The third-order valence-electron chi connectivity index (χ3n) is 2.65. The summed E-state index contributed by atoms with van der Waals surface area (Å²) in [5, 5.41) is 8.87. The second-order valence-corrected chi connectivity index (χ2v) is 4.96. The van der Waals surface area contributed by atoms with E-state index in [4.69, 9.17) is 15.6 Å². The fourth-order valence-electron chi connectivity index (χ4n) is 1.65. The van der Waals surface area contributed by atoms with E-state index in [0.29, 0.717) is 18.9 Å². The monoisotopic (exact) mass is 231 g/mol. The highest BCUT2D eigenvalue weighted by Gasteiger charge is 2.30. The summed E-state index contributed by atoms with van der Waals surface area (Å²) in [5.41, 5.74) is 4.44. The van der Waals surface area contributed by atoms with Gasteiger partial charge in [-0.1, -0.05) is 20.3 Å². The minimum Gasteiger partial charge on any atom is -0.480 e. The first-order valence-corrected chi connectivity index (χ1v) is 5.93. The number of hydrogen-bond acceptors (Lipinski definition) is 3. The summed E-state index contributed by atoms with van der Waals surface area (Å²) in [4.78, 5) is 10.8. The molecule has 0 fully saturated rings. The minimum absolute atomic E-state index is 0.120. The summed E-state index contributed by atoms with van der Waals surface area (Å²) >= 11 is 0. The van der Waals surface area contributed by atoms with Crippen molar-refractivity contribution in [1.29, 1.82) is 0 Å². The predicted octanol–water partition coefficient (Wildman–Crippen LogP) is 2.02. The number of rotatable bonds is 8. The van der Waals surface area contributed by atoms with Gasteiger partial charge in [-0.3, -0.25) is 4.79 Å².